The zero-order valence-electron chi connectivity index (χ0n) is 12.7. The summed E-state index contributed by atoms with van der Waals surface area (Å²) in [5.41, 5.74) is 0.476. The molecule has 2 rings (SSSR count). The lowest BCUT2D eigenvalue weighted by molar-refractivity contribution is 0.319. The lowest BCUT2D eigenvalue weighted by atomic mass is 10.2. The van der Waals surface area contributed by atoms with Gasteiger partial charge in [-0.05, 0) is 24.3 Å². The third-order valence-corrected chi connectivity index (χ3v) is 4.78. The lowest BCUT2D eigenvalue weighted by Crippen LogP contribution is -2.09. The number of phenolic OH excluding ortho intramolecular Hbond substituents is 1. The summed E-state index contributed by atoms with van der Waals surface area (Å²) in [4.78, 5) is 0.0628. The van der Waals surface area contributed by atoms with E-state index < -0.39 is 28.0 Å². The summed E-state index contributed by atoms with van der Waals surface area (Å²) in [7, 11) is -2.25. The molecule has 0 unspecified atom stereocenters. The van der Waals surface area contributed by atoms with Gasteiger partial charge in [0.05, 0.1) is 35.7 Å². The Morgan fingerprint density at radius 3 is 2.33 bits per heavy atom. The van der Waals surface area contributed by atoms with Crippen LogP contribution in [-0.4, -0.2) is 38.1 Å². The van der Waals surface area contributed by atoms with E-state index in [0.29, 0.717) is 5.69 Å². The topological polar surface area (TPSA) is 109 Å². The van der Waals surface area contributed by atoms with Gasteiger partial charge in [0.2, 0.25) is 0 Å². The Morgan fingerprint density at radius 2 is 1.75 bits per heavy atom. The number of aromatic hydroxyl groups is 1. The highest BCUT2D eigenvalue weighted by Gasteiger charge is 2.13. The van der Waals surface area contributed by atoms with Crippen molar-refractivity contribution in [2.75, 3.05) is 19.5 Å². The number of phenols is 1. The normalized spacial score (nSPS) is 11.8. The highest BCUT2D eigenvalue weighted by Crippen LogP contribution is 2.34. The summed E-state index contributed by atoms with van der Waals surface area (Å²) in [5.74, 6) is -1.95. The van der Waals surface area contributed by atoms with Crippen molar-refractivity contribution in [2.45, 2.75) is 4.90 Å². The fraction of sp³-hybridized carbons (Fsp3) is 0.200. The maximum atomic E-state index is 13.5. The van der Waals surface area contributed by atoms with Crippen LogP contribution in [0.5, 0.6) is 11.5 Å². The number of sulfone groups is 1. The number of hydrogen-bond acceptors (Lipinski definition) is 7. The van der Waals surface area contributed by atoms with Gasteiger partial charge >= 0.3 is 0 Å². The van der Waals surface area contributed by atoms with Crippen molar-refractivity contribution in [1.82, 2.24) is 0 Å². The summed E-state index contributed by atoms with van der Waals surface area (Å²) in [6.45, 7) is -0.460. The van der Waals surface area contributed by atoms with E-state index in [2.05, 4.69) is 10.2 Å². The Labute approximate surface area is 138 Å². The van der Waals surface area contributed by atoms with Crippen LogP contribution in [0.3, 0.4) is 0 Å². The second kappa shape index (κ2) is 7.37. The third-order valence-electron chi connectivity index (χ3n) is 3.07. The van der Waals surface area contributed by atoms with Crippen LogP contribution in [0.4, 0.5) is 15.8 Å². The van der Waals surface area contributed by atoms with Crippen molar-refractivity contribution in [3.8, 4) is 11.5 Å². The Kier molecular flexibility index (Phi) is 5.47. The van der Waals surface area contributed by atoms with Gasteiger partial charge in [-0.25, -0.2) is 12.8 Å². The van der Waals surface area contributed by atoms with Crippen LogP contribution < -0.4 is 4.74 Å². The average Bonchev–Trinajstić information content (AvgIpc) is 2.56. The molecule has 2 aromatic carbocycles. The quantitative estimate of drug-likeness (QED) is 0.775. The van der Waals surface area contributed by atoms with Crippen LogP contribution in [0.2, 0.25) is 0 Å². The molecule has 0 bridgehead atoms. The monoisotopic (exact) mass is 354 g/mol. The second-order valence-electron chi connectivity index (χ2n) is 4.71. The van der Waals surface area contributed by atoms with Gasteiger partial charge in [0.1, 0.15) is 0 Å². The molecular formula is C15H15FN2O5S. The number of rotatable bonds is 6. The predicted octanol–water partition coefficient (Wildman–Crippen LogP) is 2.72. The molecule has 24 heavy (non-hydrogen) atoms. The van der Waals surface area contributed by atoms with Gasteiger partial charge in [-0.15, -0.1) is 0 Å². The molecule has 0 saturated heterocycles. The third kappa shape index (κ3) is 4.06. The van der Waals surface area contributed by atoms with Gasteiger partial charge in [0.25, 0.3) is 0 Å². The molecule has 0 saturated carbocycles. The molecule has 0 amide bonds. The summed E-state index contributed by atoms with van der Waals surface area (Å²) in [6, 6.07) is 7.85. The van der Waals surface area contributed by atoms with Crippen LogP contribution in [-0.2, 0) is 9.84 Å². The van der Waals surface area contributed by atoms with Gasteiger partial charge in [-0.1, -0.05) is 0 Å². The van der Waals surface area contributed by atoms with Crippen molar-refractivity contribution >= 4 is 21.2 Å². The molecule has 0 heterocycles. The van der Waals surface area contributed by atoms with Crippen LogP contribution in [0.25, 0.3) is 0 Å². The summed E-state index contributed by atoms with van der Waals surface area (Å²) in [5, 5.41) is 25.8. The highest BCUT2D eigenvalue weighted by molar-refractivity contribution is 7.91. The number of benzene rings is 2. The molecule has 9 heteroatoms. The molecule has 2 N–H and O–H groups in total. The average molecular weight is 354 g/mol. The maximum absolute atomic E-state index is 13.5. The van der Waals surface area contributed by atoms with E-state index >= 15 is 0 Å². The fourth-order valence-electron chi connectivity index (χ4n) is 1.85. The number of aliphatic hydroxyl groups excluding tert-OH is 1. The fourth-order valence-corrected chi connectivity index (χ4v) is 2.87. The largest absolute Gasteiger partial charge is 0.502 e. The van der Waals surface area contributed by atoms with E-state index in [0.717, 1.165) is 6.07 Å². The van der Waals surface area contributed by atoms with E-state index in [1.54, 1.807) is 0 Å². The van der Waals surface area contributed by atoms with E-state index in [9.17, 15) is 17.9 Å². The number of ether oxygens (including phenoxy) is 1. The molecule has 2 aromatic rings. The van der Waals surface area contributed by atoms with Crippen molar-refractivity contribution in [3.63, 3.8) is 0 Å². The van der Waals surface area contributed by atoms with E-state index in [-0.39, 0.29) is 22.1 Å². The molecule has 0 fully saturated rings. The van der Waals surface area contributed by atoms with Gasteiger partial charge in [-0.3, -0.25) is 0 Å². The molecule has 7 nitrogen and oxygen atoms in total. The van der Waals surface area contributed by atoms with E-state index in [1.807, 2.05) is 0 Å². The molecule has 0 aliphatic heterocycles. The Morgan fingerprint density at radius 1 is 1.12 bits per heavy atom. The zero-order valence-corrected chi connectivity index (χ0v) is 13.5. The molecule has 0 aliphatic carbocycles. The van der Waals surface area contributed by atoms with Crippen LogP contribution >= 0.6 is 0 Å². The number of nitrogens with zero attached hydrogens (tertiary/aromatic N) is 2. The minimum Gasteiger partial charge on any atom is -0.502 e. The van der Waals surface area contributed by atoms with Crippen molar-refractivity contribution in [1.29, 1.82) is 0 Å². The molecular weight excluding hydrogens is 339 g/mol. The first kappa shape index (κ1) is 17.8. The first-order valence-electron chi connectivity index (χ1n) is 6.79. The van der Waals surface area contributed by atoms with E-state index in [4.69, 9.17) is 9.84 Å². The number of azo groups is 1. The standard InChI is InChI=1S/C15H15FN2O5S/c1-23-14-9-11(8-13(16)15(14)20)18-17-10-2-4-12(5-3-10)24(21,22)7-6-19/h2-5,8-9,19-20H,6-7H2,1H3. The summed E-state index contributed by atoms with van der Waals surface area (Å²) < 4.78 is 41.8. The van der Waals surface area contributed by atoms with Gasteiger partial charge in [0, 0.05) is 12.1 Å². The van der Waals surface area contributed by atoms with Crippen LogP contribution in [0.1, 0.15) is 0 Å². The van der Waals surface area contributed by atoms with Crippen molar-refractivity contribution in [2.24, 2.45) is 10.2 Å². The van der Waals surface area contributed by atoms with Gasteiger partial charge in [0.15, 0.2) is 27.2 Å². The number of hydrogen-bond donors (Lipinski definition) is 2. The number of aliphatic hydroxyl groups is 1. The maximum Gasteiger partial charge on any atom is 0.194 e. The molecule has 0 radical (unpaired) electrons. The van der Waals surface area contributed by atoms with Crippen LogP contribution in [0, 0.1) is 5.82 Å². The Balaban J connectivity index is 2.23. The van der Waals surface area contributed by atoms with Gasteiger partial charge in [-0.2, -0.15) is 10.2 Å². The van der Waals surface area contributed by atoms with Crippen molar-refractivity contribution < 1.29 is 27.8 Å². The number of halogens is 1. The van der Waals surface area contributed by atoms with Crippen LogP contribution in [0.15, 0.2) is 51.5 Å². The molecule has 0 spiro atoms. The predicted molar refractivity (Wildman–Crippen MR) is 84.4 cm³/mol. The minimum atomic E-state index is -3.53. The molecule has 0 atom stereocenters. The van der Waals surface area contributed by atoms with Gasteiger partial charge < -0.3 is 14.9 Å². The first-order chi connectivity index (χ1) is 11.4. The lowest BCUT2D eigenvalue weighted by Gasteiger charge is -2.04. The summed E-state index contributed by atoms with van der Waals surface area (Å²) in [6.07, 6.45) is 0. The highest BCUT2D eigenvalue weighted by atomic mass is 32.2. The second-order valence-corrected chi connectivity index (χ2v) is 6.82. The van der Waals surface area contributed by atoms with E-state index in [1.165, 1.54) is 37.4 Å². The molecule has 128 valence electrons. The zero-order chi connectivity index (χ0) is 17.7. The summed E-state index contributed by atoms with van der Waals surface area (Å²) >= 11 is 0. The minimum absolute atomic E-state index is 0.0628. The first-order valence-corrected chi connectivity index (χ1v) is 8.44. The molecule has 0 aliphatic rings. The van der Waals surface area contributed by atoms with Crippen molar-refractivity contribution in [3.05, 3.63) is 42.2 Å². The Hall–Kier alpha value is -2.52. The Bertz CT molecular complexity index is 851. The number of methoxy groups -OCH3 is 1. The SMILES string of the molecule is COc1cc(N=Nc2ccc(S(=O)(=O)CCO)cc2)cc(F)c1O. The smallest absolute Gasteiger partial charge is 0.194 e. The molecule has 0 aromatic heterocycles.